The van der Waals surface area contributed by atoms with Gasteiger partial charge in [-0.05, 0) is 25.2 Å². The standard InChI is InChI=1S/C15H14Cl2FNO/c1-19-8-11-12(16)5-3-7-14(11)20-9-10-4-2-6-13(17)15(10)18/h2-7,19H,8-9H2,1H3. The van der Waals surface area contributed by atoms with E-state index in [0.717, 1.165) is 5.56 Å². The average molecular weight is 314 g/mol. The van der Waals surface area contributed by atoms with Gasteiger partial charge in [0, 0.05) is 22.7 Å². The Morgan fingerprint density at radius 3 is 2.55 bits per heavy atom. The van der Waals surface area contributed by atoms with E-state index >= 15 is 0 Å². The Morgan fingerprint density at radius 2 is 1.80 bits per heavy atom. The van der Waals surface area contributed by atoms with Crippen LogP contribution in [-0.2, 0) is 13.2 Å². The number of benzene rings is 2. The van der Waals surface area contributed by atoms with Crippen molar-refractivity contribution in [3.63, 3.8) is 0 Å². The van der Waals surface area contributed by atoms with E-state index in [4.69, 9.17) is 27.9 Å². The van der Waals surface area contributed by atoms with Crippen LogP contribution >= 0.6 is 23.2 Å². The van der Waals surface area contributed by atoms with Crippen molar-refractivity contribution in [1.82, 2.24) is 5.32 Å². The van der Waals surface area contributed by atoms with E-state index in [9.17, 15) is 4.39 Å². The first-order valence-corrected chi connectivity index (χ1v) is 6.86. The lowest BCUT2D eigenvalue weighted by atomic mass is 10.2. The molecule has 0 amide bonds. The van der Waals surface area contributed by atoms with Gasteiger partial charge in [0.05, 0.1) is 5.02 Å². The summed E-state index contributed by atoms with van der Waals surface area (Å²) in [4.78, 5) is 0. The molecule has 2 rings (SSSR count). The van der Waals surface area contributed by atoms with E-state index in [0.29, 0.717) is 22.9 Å². The summed E-state index contributed by atoms with van der Waals surface area (Å²) in [5.74, 6) is 0.178. The highest BCUT2D eigenvalue weighted by molar-refractivity contribution is 6.31. The molecule has 20 heavy (non-hydrogen) atoms. The number of ether oxygens (including phenoxy) is 1. The summed E-state index contributed by atoms with van der Waals surface area (Å²) in [5.41, 5.74) is 1.26. The number of rotatable bonds is 5. The number of halogens is 3. The van der Waals surface area contributed by atoms with Gasteiger partial charge in [0.2, 0.25) is 0 Å². The summed E-state index contributed by atoms with van der Waals surface area (Å²) < 4.78 is 19.5. The quantitative estimate of drug-likeness (QED) is 0.881. The van der Waals surface area contributed by atoms with Crippen LogP contribution in [0, 0.1) is 5.82 Å². The first kappa shape index (κ1) is 15.1. The Bertz CT molecular complexity index is 604. The van der Waals surface area contributed by atoms with Crippen molar-refractivity contribution in [3.8, 4) is 5.75 Å². The van der Waals surface area contributed by atoms with Crippen LogP contribution in [0.25, 0.3) is 0 Å². The Morgan fingerprint density at radius 1 is 1.10 bits per heavy atom. The minimum Gasteiger partial charge on any atom is -0.488 e. The predicted molar refractivity (Wildman–Crippen MR) is 80.0 cm³/mol. The molecule has 0 aliphatic rings. The van der Waals surface area contributed by atoms with E-state index in [1.54, 1.807) is 30.3 Å². The third kappa shape index (κ3) is 3.42. The molecule has 0 bridgehead atoms. The highest BCUT2D eigenvalue weighted by Gasteiger charge is 2.10. The molecule has 0 spiro atoms. The molecule has 0 unspecified atom stereocenters. The molecule has 2 aromatic rings. The fraction of sp³-hybridized carbons (Fsp3) is 0.200. The molecule has 0 atom stereocenters. The van der Waals surface area contributed by atoms with Gasteiger partial charge in [0.1, 0.15) is 18.2 Å². The Kier molecular flexibility index (Phi) is 5.24. The topological polar surface area (TPSA) is 21.3 Å². The smallest absolute Gasteiger partial charge is 0.148 e. The maximum Gasteiger partial charge on any atom is 0.148 e. The minimum atomic E-state index is -0.452. The van der Waals surface area contributed by atoms with Crippen molar-refractivity contribution in [1.29, 1.82) is 0 Å². The minimum absolute atomic E-state index is 0.0904. The summed E-state index contributed by atoms with van der Waals surface area (Å²) >= 11 is 11.9. The van der Waals surface area contributed by atoms with Crippen molar-refractivity contribution in [2.24, 2.45) is 0 Å². The molecular weight excluding hydrogens is 300 g/mol. The summed E-state index contributed by atoms with van der Waals surface area (Å²) in [6.45, 7) is 0.677. The molecule has 0 saturated carbocycles. The van der Waals surface area contributed by atoms with Crippen LogP contribution in [0.15, 0.2) is 36.4 Å². The van der Waals surface area contributed by atoms with Crippen molar-refractivity contribution < 1.29 is 9.13 Å². The zero-order chi connectivity index (χ0) is 14.5. The first-order valence-electron chi connectivity index (χ1n) is 6.11. The van der Waals surface area contributed by atoms with Crippen LogP contribution < -0.4 is 10.1 Å². The van der Waals surface area contributed by atoms with E-state index < -0.39 is 5.82 Å². The molecule has 0 radical (unpaired) electrons. The molecule has 5 heteroatoms. The molecule has 0 aliphatic carbocycles. The van der Waals surface area contributed by atoms with Gasteiger partial charge in [-0.3, -0.25) is 0 Å². The molecule has 106 valence electrons. The number of hydrogen-bond acceptors (Lipinski definition) is 2. The number of nitrogens with one attached hydrogen (secondary N) is 1. The van der Waals surface area contributed by atoms with Crippen molar-refractivity contribution in [3.05, 3.63) is 63.4 Å². The van der Waals surface area contributed by atoms with Crippen molar-refractivity contribution in [2.45, 2.75) is 13.2 Å². The predicted octanol–water partition coefficient (Wildman–Crippen LogP) is 4.43. The van der Waals surface area contributed by atoms with E-state index in [1.165, 1.54) is 6.07 Å². The van der Waals surface area contributed by atoms with Crippen LogP contribution in [-0.4, -0.2) is 7.05 Å². The zero-order valence-corrected chi connectivity index (χ0v) is 12.4. The van der Waals surface area contributed by atoms with Crippen LogP contribution in [0.3, 0.4) is 0 Å². The second-order valence-corrected chi connectivity index (χ2v) is 5.06. The normalized spacial score (nSPS) is 10.6. The lowest BCUT2D eigenvalue weighted by Gasteiger charge is -2.13. The maximum atomic E-state index is 13.8. The van der Waals surface area contributed by atoms with Crippen LogP contribution in [0.5, 0.6) is 5.75 Å². The Labute approximate surface area is 127 Å². The van der Waals surface area contributed by atoms with Gasteiger partial charge >= 0.3 is 0 Å². The monoisotopic (exact) mass is 313 g/mol. The third-order valence-electron chi connectivity index (χ3n) is 2.84. The second kappa shape index (κ2) is 6.93. The van der Waals surface area contributed by atoms with Gasteiger partial charge in [-0.15, -0.1) is 0 Å². The highest BCUT2D eigenvalue weighted by Crippen LogP contribution is 2.27. The van der Waals surface area contributed by atoms with E-state index in [-0.39, 0.29) is 11.6 Å². The van der Waals surface area contributed by atoms with Crippen LogP contribution in [0.4, 0.5) is 4.39 Å². The van der Waals surface area contributed by atoms with Gasteiger partial charge in [0.25, 0.3) is 0 Å². The summed E-state index contributed by atoms with van der Waals surface area (Å²) in [7, 11) is 1.82. The van der Waals surface area contributed by atoms with Crippen LogP contribution in [0.2, 0.25) is 10.0 Å². The van der Waals surface area contributed by atoms with Crippen molar-refractivity contribution in [2.75, 3.05) is 7.05 Å². The average Bonchev–Trinajstić information content (AvgIpc) is 2.44. The number of hydrogen-bond donors (Lipinski definition) is 1. The molecule has 1 N–H and O–H groups in total. The molecule has 0 aromatic heterocycles. The fourth-order valence-corrected chi connectivity index (χ4v) is 2.26. The highest BCUT2D eigenvalue weighted by atomic mass is 35.5. The Hall–Kier alpha value is -1.29. The largest absolute Gasteiger partial charge is 0.488 e. The fourth-order valence-electron chi connectivity index (χ4n) is 1.84. The maximum absolute atomic E-state index is 13.8. The molecule has 2 aromatic carbocycles. The zero-order valence-electron chi connectivity index (χ0n) is 10.9. The molecular formula is C15H14Cl2FNO. The third-order valence-corrected chi connectivity index (χ3v) is 3.49. The van der Waals surface area contributed by atoms with E-state index in [2.05, 4.69) is 5.32 Å². The van der Waals surface area contributed by atoms with Gasteiger partial charge in [-0.1, -0.05) is 41.4 Å². The molecule has 0 heterocycles. The first-order chi connectivity index (χ1) is 9.63. The van der Waals surface area contributed by atoms with Gasteiger partial charge in [0.15, 0.2) is 0 Å². The molecule has 0 saturated heterocycles. The summed E-state index contributed by atoms with van der Waals surface area (Å²) in [6, 6.07) is 10.2. The van der Waals surface area contributed by atoms with Gasteiger partial charge < -0.3 is 10.1 Å². The van der Waals surface area contributed by atoms with Gasteiger partial charge in [-0.25, -0.2) is 4.39 Å². The van der Waals surface area contributed by atoms with Crippen LogP contribution in [0.1, 0.15) is 11.1 Å². The lowest BCUT2D eigenvalue weighted by Crippen LogP contribution is -2.08. The summed E-state index contributed by atoms with van der Waals surface area (Å²) in [6.07, 6.45) is 0. The Balaban J connectivity index is 2.19. The lowest BCUT2D eigenvalue weighted by molar-refractivity contribution is 0.296. The van der Waals surface area contributed by atoms with Crippen molar-refractivity contribution >= 4 is 23.2 Å². The molecule has 0 aliphatic heterocycles. The second-order valence-electron chi connectivity index (χ2n) is 4.25. The summed E-state index contributed by atoms with van der Waals surface area (Å²) in [5, 5.41) is 3.73. The molecule has 0 fully saturated rings. The SMILES string of the molecule is CNCc1c(Cl)cccc1OCc1cccc(Cl)c1F. The van der Waals surface area contributed by atoms with Gasteiger partial charge in [-0.2, -0.15) is 0 Å². The molecule has 2 nitrogen and oxygen atoms in total. The van der Waals surface area contributed by atoms with E-state index in [1.807, 2.05) is 7.05 Å².